The summed E-state index contributed by atoms with van der Waals surface area (Å²) in [6, 6.07) is 14.0. The number of hydrogen-bond donors (Lipinski definition) is 1. The van der Waals surface area contributed by atoms with E-state index in [0.29, 0.717) is 32.0 Å². The van der Waals surface area contributed by atoms with E-state index in [1.54, 1.807) is 18.2 Å². The van der Waals surface area contributed by atoms with Crippen molar-refractivity contribution >= 4 is 27.7 Å². The standard InChI is InChI=1S/C20H22N2O4S/c1-16-2-4-17(5-3-16)6-11-20(23)21-18-7-9-19(10-8-18)27(24,25)22-12-14-26-15-13-22/h2-11H,12-15H2,1H3,(H,21,23)/b11-6+. The van der Waals surface area contributed by atoms with Crippen molar-refractivity contribution in [2.75, 3.05) is 31.6 Å². The Kier molecular flexibility index (Phi) is 6.05. The molecule has 7 heteroatoms. The molecule has 27 heavy (non-hydrogen) atoms. The lowest BCUT2D eigenvalue weighted by molar-refractivity contribution is -0.111. The number of morpholine rings is 1. The number of amides is 1. The van der Waals surface area contributed by atoms with Crippen LogP contribution in [0.5, 0.6) is 0 Å². The monoisotopic (exact) mass is 386 g/mol. The summed E-state index contributed by atoms with van der Waals surface area (Å²) in [7, 11) is -3.53. The van der Waals surface area contributed by atoms with Gasteiger partial charge in [0, 0.05) is 24.9 Å². The average molecular weight is 386 g/mol. The predicted molar refractivity (Wildman–Crippen MR) is 105 cm³/mol. The van der Waals surface area contributed by atoms with E-state index in [4.69, 9.17) is 4.74 Å². The number of carbonyl (C=O) groups excluding carboxylic acids is 1. The van der Waals surface area contributed by atoms with Gasteiger partial charge in [-0.2, -0.15) is 4.31 Å². The van der Waals surface area contributed by atoms with E-state index in [0.717, 1.165) is 11.1 Å². The highest BCUT2D eigenvalue weighted by molar-refractivity contribution is 7.89. The zero-order valence-corrected chi connectivity index (χ0v) is 15.9. The molecule has 0 bridgehead atoms. The Labute approximate surface area is 159 Å². The van der Waals surface area contributed by atoms with Crippen molar-refractivity contribution in [3.05, 3.63) is 65.7 Å². The van der Waals surface area contributed by atoms with Crippen LogP contribution in [0.25, 0.3) is 6.08 Å². The Morgan fingerprint density at radius 1 is 1.04 bits per heavy atom. The molecule has 1 saturated heterocycles. The number of carbonyl (C=O) groups is 1. The molecular formula is C20H22N2O4S. The van der Waals surface area contributed by atoms with Crippen molar-refractivity contribution in [3.8, 4) is 0 Å². The highest BCUT2D eigenvalue weighted by Gasteiger charge is 2.26. The van der Waals surface area contributed by atoms with Crippen LogP contribution in [0.1, 0.15) is 11.1 Å². The first-order valence-electron chi connectivity index (χ1n) is 8.69. The van der Waals surface area contributed by atoms with Crippen LogP contribution in [-0.4, -0.2) is 44.9 Å². The van der Waals surface area contributed by atoms with E-state index in [-0.39, 0.29) is 10.8 Å². The Morgan fingerprint density at radius 3 is 2.30 bits per heavy atom. The first-order valence-corrected chi connectivity index (χ1v) is 10.1. The summed E-state index contributed by atoms with van der Waals surface area (Å²) in [5.74, 6) is -0.278. The summed E-state index contributed by atoms with van der Waals surface area (Å²) < 4.78 is 31.8. The number of aryl methyl sites for hydroxylation is 1. The summed E-state index contributed by atoms with van der Waals surface area (Å²) in [5, 5.41) is 2.73. The van der Waals surface area contributed by atoms with Crippen LogP contribution in [-0.2, 0) is 19.6 Å². The van der Waals surface area contributed by atoms with E-state index in [9.17, 15) is 13.2 Å². The molecule has 0 aliphatic carbocycles. The largest absolute Gasteiger partial charge is 0.379 e. The maximum Gasteiger partial charge on any atom is 0.248 e. The van der Waals surface area contributed by atoms with Crippen LogP contribution in [0.4, 0.5) is 5.69 Å². The molecule has 1 aliphatic heterocycles. The topological polar surface area (TPSA) is 75.7 Å². The molecule has 1 heterocycles. The third kappa shape index (κ3) is 5.03. The van der Waals surface area contributed by atoms with Crippen LogP contribution in [0.15, 0.2) is 59.5 Å². The van der Waals surface area contributed by atoms with Crippen molar-refractivity contribution in [1.29, 1.82) is 0 Å². The van der Waals surface area contributed by atoms with E-state index >= 15 is 0 Å². The first-order chi connectivity index (χ1) is 12.9. The quantitative estimate of drug-likeness (QED) is 0.802. The Bertz CT molecular complexity index is 913. The molecule has 0 radical (unpaired) electrons. The highest BCUT2D eigenvalue weighted by atomic mass is 32.2. The van der Waals surface area contributed by atoms with Crippen LogP contribution in [0, 0.1) is 6.92 Å². The molecule has 142 valence electrons. The molecule has 0 atom stereocenters. The zero-order chi connectivity index (χ0) is 19.3. The minimum absolute atomic E-state index is 0.206. The van der Waals surface area contributed by atoms with Gasteiger partial charge in [0.1, 0.15) is 0 Å². The van der Waals surface area contributed by atoms with Crippen LogP contribution in [0.3, 0.4) is 0 Å². The van der Waals surface area contributed by atoms with Gasteiger partial charge < -0.3 is 10.1 Å². The molecule has 0 saturated carbocycles. The van der Waals surface area contributed by atoms with Crippen molar-refractivity contribution in [2.45, 2.75) is 11.8 Å². The van der Waals surface area contributed by atoms with Crippen molar-refractivity contribution < 1.29 is 17.9 Å². The number of sulfonamides is 1. The van der Waals surface area contributed by atoms with Crippen LogP contribution < -0.4 is 5.32 Å². The van der Waals surface area contributed by atoms with Gasteiger partial charge in [0.25, 0.3) is 0 Å². The fourth-order valence-electron chi connectivity index (χ4n) is 2.68. The van der Waals surface area contributed by atoms with Gasteiger partial charge in [0.15, 0.2) is 0 Å². The Hall–Kier alpha value is -2.48. The third-order valence-electron chi connectivity index (χ3n) is 4.23. The van der Waals surface area contributed by atoms with Gasteiger partial charge >= 0.3 is 0 Å². The van der Waals surface area contributed by atoms with Crippen molar-refractivity contribution in [2.24, 2.45) is 0 Å². The lowest BCUT2D eigenvalue weighted by Gasteiger charge is -2.26. The summed E-state index contributed by atoms with van der Waals surface area (Å²) in [6.45, 7) is 3.51. The second kappa shape index (κ2) is 8.47. The van der Waals surface area contributed by atoms with Gasteiger partial charge in [-0.25, -0.2) is 8.42 Å². The second-order valence-corrected chi connectivity index (χ2v) is 8.21. The first kappa shape index (κ1) is 19.3. The number of anilines is 1. The number of nitrogens with zero attached hydrogens (tertiary/aromatic N) is 1. The maximum atomic E-state index is 12.6. The average Bonchev–Trinajstić information content (AvgIpc) is 2.69. The molecular weight excluding hydrogens is 364 g/mol. The fourth-order valence-corrected chi connectivity index (χ4v) is 4.09. The molecule has 3 rings (SSSR count). The lowest BCUT2D eigenvalue weighted by atomic mass is 10.1. The van der Waals surface area contributed by atoms with Gasteiger partial charge in [0.2, 0.25) is 15.9 Å². The van der Waals surface area contributed by atoms with Gasteiger partial charge in [0.05, 0.1) is 18.1 Å². The Balaban J connectivity index is 1.63. The van der Waals surface area contributed by atoms with E-state index in [1.807, 2.05) is 31.2 Å². The van der Waals surface area contributed by atoms with E-state index < -0.39 is 10.0 Å². The van der Waals surface area contributed by atoms with Gasteiger partial charge in [-0.15, -0.1) is 0 Å². The number of ether oxygens (including phenoxy) is 1. The summed E-state index contributed by atoms with van der Waals surface area (Å²) in [6.07, 6.45) is 3.18. The predicted octanol–water partition coefficient (Wildman–Crippen LogP) is 2.67. The maximum absolute atomic E-state index is 12.6. The highest BCUT2D eigenvalue weighted by Crippen LogP contribution is 2.19. The Morgan fingerprint density at radius 2 is 1.67 bits per heavy atom. The molecule has 1 aliphatic rings. The van der Waals surface area contributed by atoms with Crippen molar-refractivity contribution in [1.82, 2.24) is 4.31 Å². The smallest absolute Gasteiger partial charge is 0.248 e. The van der Waals surface area contributed by atoms with Gasteiger partial charge in [-0.05, 0) is 42.8 Å². The molecule has 0 spiro atoms. The number of hydrogen-bond acceptors (Lipinski definition) is 4. The molecule has 6 nitrogen and oxygen atoms in total. The summed E-state index contributed by atoms with van der Waals surface area (Å²) in [5.41, 5.74) is 2.63. The normalized spacial score (nSPS) is 15.7. The van der Waals surface area contributed by atoms with Crippen LogP contribution in [0.2, 0.25) is 0 Å². The molecule has 2 aromatic rings. The number of rotatable bonds is 5. The van der Waals surface area contributed by atoms with Gasteiger partial charge in [-0.1, -0.05) is 29.8 Å². The minimum Gasteiger partial charge on any atom is -0.379 e. The molecule has 1 fully saturated rings. The van der Waals surface area contributed by atoms with Gasteiger partial charge in [-0.3, -0.25) is 4.79 Å². The summed E-state index contributed by atoms with van der Waals surface area (Å²) >= 11 is 0. The third-order valence-corrected chi connectivity index (χ3v) is 6.15. The number of benzene rings is 2. The lowest BCUT2D eigenvalue weighted by Crippen LogP contribution is -2.40. The van der Waals surface area contributed by atoms with Crippen LogP contribution >= 0.6 is 0 Å². The molecule has 2 aromatic carbocycles. The van der Waals surface area contributed by atoms with E-state index in [2.05, 4.69) is 5.32 Å². The molecule has 1 amide bonds. The zero-order valence-electron chi connectivity index (χ0n) is 15.1. The number of nitrogens with one attached hydrogen (secondary N) is 1. The fraction of sp³-hybridized carbons (Fsp3) is 0.250. The minimum atomic E-state index is -3.53. The summed E-state index contributed by atoms with van der Waals surface area (Å²) in [4.78, 5) is 12.2. The second-order valence-electron chi connectivity index (χ2n) is 6.27. The molecule has 1 N–H and O–H groups in total. The molecule has 0 aromatic heterocycles. The molecule has 0 unspecified atom stereocenters. The SMILES string of the molecule is Cc1ccc(/C=C/C(=O)Nc2ccc(S(=O)(=O)N3CCOCC3)cc2)cc1. The van der Waals surface area contributed by atoms with Crippen molar-refractivity contribution in [3.63, 3.8) is 0 Å². The van der Waals surface area contributed by atoms with E-state index in [1.165, 1.54) is 22.5 Å².